The lowest BCUT2D eigenvalue weighted by atomic mass is 9.81. The van der Waals surface area contributed by atoms with Crippen LogP contribution in [0.25, 0.3) is 32.7 Å². The van der Waals surface area contributed by atoms with Crippen LogP contribution in [0.5, 0.6) is 0 Å². The zero-order chi connectivity index (χ0) is 28.2. The van der Waals surface area contributed by atoms with E-state index in [0.717, 1.165) is 33.6 Å². The summed E-state index contributed by atoms with van der Waals surface area (Å²) < 4.78 is 0. The van der Waals surface area contributed by atoms with E-state index in [9.17, 15) is 9.59 Å². The number of benzene rings is 6. The van der Waals surface area contributed by atoms with Crippen LogP contribution in [0.2, 0.25) is 0 Å². The summed E-state index contributed by atoms with van der Waals surface area (Å²) in [6, 6.07) is 42.2. The number of amides is 2. The van der Waals surface area contributed by atoms with Gasteiger partial charge < -0.3 is 10.6 Å². The zero-order valence-electron chi connectivity index (χ0n) is 22.9. The third-order valence-electron chi connectivity index (χ3n) is 8.92. The molecule has 2 aliphatic rings. The first kappa shape index (κ1) is 24.6. The van der Waals surface area contributed by atoms with Gasteiger partial charge in [0.2, 0.25) is 11.8 Å². The van der Waals surface area contributed by atoms with E-state index in [-0.39, 0.29) is 23.7 Å². The third kappa shape index (κ3) is 4.07. The van der Waals surface area contributed by atoms with Crippen LogP contribution in [0, 0.1) is 0 Å². The maximum absolute atomic E-state index is 12.6. The van der Waals surface area contributed by atoms with Gasteiger partial charge in [0.1, 0.15) is 0 Å². The van der Waals surface area contributed by atoms with E-state index in [1.807, 2.05) is 12.1 Å². The maximum Gasteiger partial charge on any atom is 0.225 e. The van der Waals surface area contributed by atoms with Gasteiger partial charge in [-0.1, -0.05) is 109 Å². The third-order valence-corrected chi connectivity index (χ3v) is 8.92. The highest BCUT2D eigenvalue weighted by molar-refractivity contribution is 6.02. The van der Waals surface area contributed by atoms with Crippen LogP contribution in [0.1, 0.15) is 46.9 Å². The number of fused-ring (bicyclic) bond motifs is 6. The van der Waals surface area contributed by atoms with Crippen molar-refractivity contribution in [2.45, 2.75) is 24.7 Å². The summed E-state index contributed by atoms with van der Waals surface area (Å²) in [6.45, 7) is 0. The number of hydrogen-bond acceptors (Lipinski definition) is 2. The van der Waals surface area contributed by atoms with E-state index >= 15 is 0 Å². The van der Waals surface area contributed by atoms with Crippen molar-refractivity contribution in [3.05, 3.63) is 144 Å². The van der Waals surface area contributed by atoms with Gasteiger partial charge in [0.05, 0.1) is 0 Å². The Labute approximate surface area is 244 Å². The van der Waals surface area contributed by atoms with E-state index in [2.05, 4.69) is 120 Å². The summed E-state index contributed by atoms with van der Waals surface area (Å²) in [5, 5.41) is 10.9. The highest BCUT2D eigenvalue weighted by Crippen LogP contribution is 2.43. The Morgan fingerprint density at radius 1 is 0.452 bits per heavy atom. The standard InChI is InChI=1S/C38H28N2O2/c41-35-21-31(37-29-7-3-1-5-25(29)17-19-33(37)39-35)27-13-9-23(10-14-27)24-11-15-28(16-12-24)32-22-36(42)40-34-20-18-26-6-2-4-8-30(26)38(32)34/h1-20,31-32H,21-22H2,(H,39,41)(H,40,42)/t31-,32+. The molecule has 4 heteroatoms. The monoisotopic (exact) mass is 544 g/mol. The summed E-state index contributed by atoms with van der Waals surface area (Å²) in [5.41, 5.74) is 8.70. The molecule has 42 heavy (non-hydrogen) atoms. The van der Waals surface area contributed by atoms with Crippen LogP contribution in [0.15, 0.2) is 121 Å². The molecule has 2 heterocycles. The second kappa shape index (κ2) is 9.71. The van der Waals surface area contributed by atoms with Gasteiger partial charge in [-0.25, -0.2) is 0 Å². The Kier molecular flexibility index (Phi) is 5.68. The quantitative estimate of drug-likeness (QED) is 0.234. The topological polar surface area (TPSA) is 58.2 Å². The molecule has 2 N–H and O–H groups in total. The molecule has 2 atom stereocenters. The Morgan fingerprint density at radius 3 is 1.29 bits per heavy atom. The molecule has 0 radical (unpaired) electrons. The first-order valence-corrected chi connectivity index (χ1v) is 14.5. The maximum atomic E-state index is 12.6. The van der Waals surface area contributed by atoms with E-state index in [1.54, 1.807) is 0 Å². The number of nitrogens with one attached hydrogen (secondary N) is 2. The van der Waals surface area contributed by atoms with E-state index in [4.69, 9.17) is 0 Å². The minimum absolute atomic E-state index is 0.00335. The molecule has 202 valence electrons. The summed E-state index contributed by atoms with van der Waals surface area (Å²) in [4.78, 5) is 25.3. The molecule has 0 saturated heterocycles. The Morgan fingerprint density at radius 2 is 0.857 bits per heavy atom. The fourth-order valence-corrected chi connectivity index (χ4v) is 6.92. The Bertz CT molecular complexity index is 1880. The minimum atomic E-state index is 0.00335. The molecule has 0 aromatic heterocycles. The Hall–Kier alpha value is -5.22. The molecule has 2 aliphatic heterocycles. The number of anilines is 2. The normalized spacial score (nSPS) is 17.8. The molecule has 4 nitrogen and oxygen atoms in total. The summed E-state index contributed by atoms with van der Waals surface area (Å²) in [5.74, 6) is 0.105. The van der Waals surface area contributed by atoms with Crippen molar-refractivity contribution in [2.75, 3.05) is 10.6 Å². The lowest BCUT2D eigenvalue weighted by Gasteiger charge is -2.28. The molecule has 0 spiro atoms. The number of rotatable bonds is 3. The van der Waals surface area contributed by atoms with Gasteiger partial charge in [-0.2, -0.15) is 0 Å². The van der Waals surface area contributed by atoms with Gasteiger partial charge in [0.15, 0.2) is 0 Å². The SMILES string of the molecule is O=C1C[C@H](c2ccc(-c3ccc([C@@H]4CC(=O)Nc5ccc6ccccc6c54)cc3)cc2)c2c(ccc3ccccc23)N1. The van der Waals surface area contributed by atoms with Crippen LogP contribution in [0.3, 0.4) is 0 Å². The number of hydrogen-bond donors (Lipinski definition) is 2. The van der Waals surface area contributed by atoms with Crippen LogP contribution >= 0.6 is 0 Å². The van der Waals surface area contributed by atoms with Crippen LogP contribution < -0.4 is 10.6 Å². The molecule has 0 bridgehead atoms. The van der Waals surface area contributed by atoms with Crippen molar-refractivity contribution in [1.29, 1.82) is 0 Å². The fourth-order valence-electron chi connectivity index (χ4n) is 6.92. The van der Waals surface area contributed by atoms with Gasteiger partial charge in [0.25, 0.3) is 0 Å². The molecule has 0 fully saturated rings. The van der Waals surface area contributed by atoms with Crippen LogP contribution in [-0.2, 0) is 9.59 Å². The lowest BCUT2D eigenvalue weighted by Crippen LogP contribution is -2.23. The molecular formula is C38H28N2O2. The highest BCUT2D eigenvalue weighted by atomic mass is 16.2. The van der Waals surface area contributed by atoms with Gasteiger partial charge in [-0.15, -0.1) is 0 Å². The predicted molar refractivity (Wildman–Crippen MR) is 170 cm³/mol. The number of carbonyl (C=O) groups is 2. The van der Waals surface area contributed by atoms with Crippen LogP contribution in [0.4, 0.5) is 11.4 Å². The van der Waals surface area contributed by atoms with Crippen molar-refractivity contribution in [1.82, 2.24) is 0 Å². The Balaban J connectivity index is 1.12. The molecule has 6 aromatic rings. The van der Waals surface area contributed by atoms with Gasteiger partial charge in [-0.3, -0.25) is 9.59 Å². The van der Waals surface area contributed by atoms with Gasteiger partial charge >= 0.3 is 0 Å². The van der Waals surface area contributed by atoms with E-state index in [0.29, 0.717) is 12.8 Å². The highest BCUT2D eigenvalue weighted by Gasteiger charge is 2.29. The molecule has 0 saturated carbocycles. The largest absolute Gasteiger partial charge is 0.326 e. The van der Waals surface area contributed by atoms with Crippen molar-refractivity contribution in [3.63, 3.8) is 0 Å². The van der Waals surface area contributed by atoms with Crippen molar-refractivity contribution in [2.24, 2.45) is 0 Å². The average Bonchev–Trinajstić information content (AvgIpc) is 3.03. The van der Waals surface area contributed by atoms with Crippen molar-refractivity contribution < 1.29 is 9.59 Å². The predicted octanol–water partition coefficient (Wildman–Crippen LogP) is 8.61. The molecule has 6 aromatic carbocycles. The van der Waals surface area contributed by atoms with E-state index < -0.39 is 0 Å². The zero-order valence-corrected chi connectivity index (χ0v) is 22.9. The molecule has 0 aliphatic carbocycles. The molecule has 0 unspecified atom stereocenters. The van der Waals surface area contributed by atoms with Gasteiger partial charge in [0, 0.05) is 36.1 Å². The number of carbonyl (C=O) groups excluding carboxylic acids is 2. The second-order valence-corrected chi connectivity index (χ2v) is 11.3. The lowest BCUT2D eigenvalue weighted by molar-refractivity contribution is -0.117. The minimum Gasteiger partial charge on any atom is -0.326 e. The molecule has 8 rings (SSSR count). The first-order valence-electron chi connectivity index (χ1n) is 14.5. The average molecular weight is 545 g/mol. The second-order valence-electron chi connectivity index (χ2n) is 11.3. The van der Waals surface area contributed by atoms with Gasteiger partial charge in [-0.05, 0) is 67.1 Å². The van der Waals surface area contributed by atoms with Crippen LogP contribution in [-0.4, -0.2) is 11.8 Å². The summed E-state index contributed by atoms with van der Waals surface area (Å²) in [6.07, 6.45) is 0.861. The molecular weight excluding hydrogens is 516 g/mol. The molecule has 2 amide bonds. The fraction of sp³-hybridized carbons (Fsp3) is 0.105. The van der Waals surface area contributed by atoms with E-state index in [1.165, 1.54) is 32.7 Å². The summed E-state index contributed by atoms with van der Waals surface area (Å²) in [7, 11) is 0. The first-order chi connectivity index (χ1) is 20.6. The summed E-state index contributed by atoms with van der Waals surface area (Å²) >= 11 is 0. The smallest absolute Gasteiger partial charge is 0.225 e. The van der Waals surface area contributed by atoms with Crippen molar-refractivity contribution in [3.8, 4) is 11.1 Å². The van der Waals surface area contributed by atoms with Crippen molar-refractivity contribution >= 4 is 44.7 Å².